The van der Waals surface area contributed by atoms with Gasteiger partial charge in [-0.25, -0.2) is 29.5 Å². The summed E-state index contributed by atoms with van der Waals surface area (Å²) in [5.41, 5.74) is 11.4. The van der Waals surface area contributed by atoms with Gasteiger partial charge < -0.3 is 25.8 Å². The van der Waals surface area contributed by atoms with Crippen LogP contribution in [0.25, 0.3) is 22.4 Å². The number of hydrogen-bond donors (Lipinski definition) is 4. The molecular formula is C62H77N13O5S2. The molecule has 0 bridgehead atoms. The number of carbonyl (C=O) groups excluding carboxylic acids is 2. The van der Waals surface area contributed by atoms with Crippen molar-refractivity contribution in [1.82, 2.24) is 54.6 Å². The summed E-state index contributed by atoms with van der Waals surface area (Å²) in [7, 11) is 4.25. The number of nitrogens with one attached hydrogen (secondary N) is 3. The molecule has 1 amide bonds. The molecule has 18 nitrogen and oxygen atoms in total. The highest BCUT2D eigenvalue weighted by molar-refractivity contribution is 7.14. The van der Waals surface area contributed by atoms with Gasteiger partial charge in [-0.3, -0.25) is 24.0 Å². The fourth-order valence-electron chi connectivity index (χ4n) is 9.07. The van der Waals surface area contributed by atoms with E-state index in [0.717, 1.165) is 111 Å². The maximum absolute atomic E-state index is 12.8. The number of carboxylic acids is 1. The van der Waals surface area contributed by atoms with Gasteiger partial charge in [0, 0.05) is 85.8 Å². The first kappa shape index (κ1) is 60.4. The molecule has 0 saturated carbocycles. The minimum Gasteiger partial charge on any atom is -0.477 e. The van der Waals surface area contributed by atoms with Crippen molar-refractivity contribution in [1.29, 1.82) is 0 Å². The maximum atomic E-state index is 12.8. The van der Waals surface area contributed by atoms with Gasteiger partial charge in [-0.2, -0.15) is 10.2 Å². The molecule has 0 aliphatic carbocycles. The van der Waals surface area contributed by atoms with Crippen LogP contribution in [0.5, 0.6) is 0 Å². The standard InChI is InChI=1S/C28H33N7OS.C26H33N5O2.C8H11NO2S/c1-18-14-20(7-6-19(18)8-9-23(36)24-16-30-26(37-24)28(2,3)4)22-10-11-29-27(31-22)32-25-15-21-17-34(5)12-13-35(21)33-25;1-18-13-20(9-10-21(18)16-27-25(32)33-26(2,3)4)19-7-6-8-22(14-19)28-24-15-23-17-30(5)11-12-31(23)29-24;1-8(2,3)7-9-4-5(12-7)6(10)11/h6-7,10-11,14-16H,8-9,12-13,17H2,1-5H3,(H,29,31,32,33);6-10,13-15H,11-12,16-17H2,1-5H3,(H,27,32)(H,28,29);4H,1-3H3,(H,10,11). The van der Waals surface area contributed by atoms with Gasteiger partial charge in [-0.1, -0.05) is 84.0 Å². The number of fused-ring (bicyclic) bond motifs is 2. The fourth-order valence-corrected chi connectivity index (χ4v) is 10.8. The summed E-state index contributed by atoms with van der Waals surface area (Å²) < 4.78 is 9.44. The Hall–Kier alpha value is -7.65. The molecule has 0 fully saturated rings. The predicted octanol–water partition coefficient (Wildman–Crippen LogP) is 12.6. The third-order valence-electron chi connectivity index (χ3n) is 13.5. The number of carboxylic acid groups (broad SMARTS) is 1. The van der Waals surface area contributed by atoms with Crippen molar-refractivity contribution in [2.75, 3.05) is 37.8 Å². The van der Waals surface area contributed by atoms with Gasteiger partial charge in [0.15, 0.2) is 17.4 Å². The molecule has 10 rings (SSSR count). The largest absolute Gasteiger partial charge is 0.477 e. The molecule has 2 aliphatic rings. The van der Waals surface area contributed by atoms with Crippen LogP contribution < -0.4 is 16.0 Å². The molecule has 20 heteroatoms. The summed E-state index contributed by atoms with van der Waals surface area (Å²) in [6.07, 6.45) is 5.66. The molecular weight excluding hydrogens is 1070 g/mol. The number of amides is 1. The number of nitrogens with zero attached hydrogens (tertiary/aromatic N) is 10. The smallest absolute Gasteiger partial charge is 0.407 e. The molecule has 0 atom stereocenters. The average Bonchev–Trinajstić information content (AvgIpc) is 4.40. The van der Waals surface area contributed by atoms with E-state index in [1.807, 2.05) is 52.3 Å². The number of ether oxygens (including phenoxy) is 1. The summed E-state index contributed by atoms with van der Waals surface area (Å²) in [5, 5.41) is 29.4. The molecule has 2 aliphatic heterocycles. The number of aromatic nitrogens is 8. The molecule has 0 spiro atoms. The Balaban J connectivity index is 0.000000180. The Morgan fingerprint density at radius 3 is 1.78 bits per heavy atom. The highest BCUT2D eigenvalue weighted by Gasteiger charge is 2.23. The van der Waals surface area contributed by atoms with Crippen molar-refractivity contribution >= 4 is 63.8 Å². The Morgan fingerprint density at radius 2 is 1.21 bits per heavy atom. The molecule has 432 valence electrons. The van der Waals surface area contributed by atoms with Crippen LogP contribution in [-0.2, 0) is 54.7 Å². The zero-order valence-corrected chi connectivity index (χ0v) is 51.1. The van der Waals surface area contributed by atoms with E-state index < -0.39 is 17.7 Å². The molecule has 4 N–H and O–H groups in total. The second-order valence-corrected chi connectivity index (χ2v) is 26.0. The SMILES string of the molecule is CC(C)(C)c1ncc(C(=O)O)s1.Cc1cc(-c2cccc(Nc3cc4n(n3)CCN(C)C4)c2)ccc1CNC(=O)OC(C)(C)C.Cc1cc(-c2ccnc(Nc3cc4n(n3)CCN(C)C4)n2)ccc1CCC(=O)c1cnc(C(C)(C)C)s1. The zero-order chi connectivity index (χ0) is 59.1. The number of likely N-dealkylation sites (N-methyl/N-ethyl adjacent to an activating group) is 2. The number of aromatic carboxylic acids is 1. The highest BCUT2D eigenvalue weighted by Crippen LogP contribution is 2.31. The molecule has 5 aromatic heterocycles. The van der Waals surface area contributed by atoms with Crippen molar-refractivity contribution in [3.8, 4) is 22.4 Å². The minimum atomic E-state index is -0.900. The lowest BCUT2D eigenvalue weighted by molar-refractivity contribution is 0.0522. The van der Waals surface area contributed by atoms with E-state index in [0.29, 0.717) is 30.2 Å². The molecule has 82 heavy (non-hydrogen) atoms. The van der Waals surface area contributed by atoms with Crippen LogP contribution in [0, 0.1) is 13.8 Å². The van der Waals surface area contributed by atoms with Gasteiger partial charge in [-0.05, 0) is 113 Å². The summed E-state index contributed by atoms with van der Waals surface area (Å²) >= 11 is 2.75. The molecule has 0 radical (unpaired) electrons. The van der Waals surface area contributed by atoms with E-state index in [9.17, 15) is 14.4 Å². The topological polar surface area (TPSA) is 210 Å². The van der Waals surface area contributed by atoms with E-state index >= 15 is 0 Å². The van der Waals surface area contributed by atoms with Gasteiger partial charge in [0.1, 0.15) is 10.5 Å². The Bertz CT molecular complexity index is 3540. The second kappa shape index (κ2) is 25.6. The number of alkyl carbamates (subject to hydrolysis) is 1. The first-order valence-corrected chi connectivity index (χ1v) is 29.2. The van der Waals surface area contributed by atoms with Gasteiger partial charge >= 0.3 is 12.1 Å². The van der Waals surface area contributed by atoms with Crippen LogP contribution in [0.15, 0.2) is 97.5 Å². The summed E-state index contributed by atoms with van der Waals surface area (Å²) in [6, 6.07) is 27.0. The Labute approximate surface area is 489 Å². The lowest BCUT2D eigenvalue weighted by Crippen LogP contribution is -2.32. The van der Waals surface area contributed by atoms with Crippen molar-refractivity contribution in [3.05, 3.63) is 151 Å². The first-order chi connectivity index (χ1) is 38.7. The number of rotatable bonds is 13. The van der Waals surface area contributed by atoms with Crippen LogP contribution in [0.1, 0.15) is 132 Å². The quantitative estimate of drug-likeness (QED) is 0.0791. The normalized spacial score (nSPS) is 13.6. The van der Waals surface area contributed by atoms with Gasteiger partial charge in [-0.15, -0.1) is 22.7 Å². The van der Waals surface area contributed by atoms with Crippen LogP contribution >= 0.6 is 22.7 Å². The summed E-state index contributed by atoms with van der Waals surface area (Å²) in [5.74, 6) is 1.40. The number of Topliss-reactive ketones (excluding diaryl/α,β-unsaturated/α-hetero) is 1. The van der Waals surface area contributed by atoms with E-state index in [1.165, 1.54) is 45.8 Å². The molecule has 3 aromatic carbocycles. The Morgan fingerprint density at radius 1 is 0.646 bits per heavy atom. The number of ketones is 1. The van der Waals surface area contributed by atoms with Crippen LogP contribution in [0.3, 0.4) is 0 Å². The number of hydrogen-bond acceptors (Lipinski definition) is 16. The number of benzene rings is 3. The fraction of sp³-hybridized carbons (Fsp3) is 0.403. The summed E-state index contributed by atoms with van der Waals surface area (Å²) in [4.78, 5) is 58.5. The van der Waals surface area contributed by atoms with Crippen LogP contribution in [0.4, 0.5) is 28.1 Å². The maximum Gasteiger partial charge on any atom is 0.407 e. The predicted molar refractivity (Wildman–Crippen MR) is 327 cm³/mol. The number of thiazole rings is 2. The van der Waals surface area contributed by atoms with Gasteiger partial charge in [0.05, 0.1) is 51.3 Å². The highest BCUT2D eigenvalue weighted by atomic mass is 32.1. The van der Waals surface area contributed by atoms with E-state index in [1.54, 1.807) is 12.4 Å². The average molecular weight is 1150 g/mol. The van der Waals surface area contributed by atoms with Gasteiger partial charge in [0.25, 0.3) is 0 Å². The number of carbonyl (C=O) groups is 3. The van der Waals surface area contributed by atoms with Gasteiger partial charge in [0.2, 0.25) is 5.95 Å². The lowest BCUT2D eigenvalue weighted by Gasteiger charge is -2.22. The molecule has 0 saturated heterocycles. The third kappa shape index (κ3) is 16.5. The number of aryl methyl sites for hydroxylation is 3. The lowest BCUT2D eigenvalue weighted by atomic mass is 9.98. The zero-order valence-electron chi connectivity index (χ0n) is 49.5. The number of anilines is 4. The minimum absolute atomic E-state index is 0.0406. The van der Waals surface area contributed by atoms with Crippen molar-refractivity contribution in [2.45, 2.75) is 138 Å². The van der Waals surface area contributed by atoms with Crippen molar-refractivity contribution in [3.63, 3.8) is 0 Å². The van der Waals surface area contributed by atoms with Crippen LogP contribution in [0.2, 0.25) is 0 Å². The van der Waals surface area contributed by atoms with Crippen LogP contribution in [-0.4, -0.2) is 105 Å². The van der Waals surface area contributed by atoms with E-state index in [4.69, 9.17) is 19.9 Å². The summed E-state index contributed by atoms with van der Waals surface area (Å²) in [6.45, 7) is 28.1. The Kier molecular flexibility index (Phi) is 18.9. The van der Waals surface area contributed by atoms with Crippen molar-refractivity contribution in [2.24, 2.45) is 0 Å². The van der Waals surface area contributed by atoms with Crippen molar-refractivity contribution < 1.29 is 24.2 Å². The molecule has 8 aromatic rings. The third-order valence-corrected chi connectivity index (χ3v) is 16.4. The van der Waals surface area contributed by atoms with E-state index in [-0.39, 0.29) is 16.6 Å². The van der Waals surface area contributed by atoms with E-state index in [2.05, 4.69) is 172 Å². The first-order valence-electron chi connectivity index (χ1n) is 27.6. The monoisotopic (exact) mass is 1150 g/mol. The molecule has 0 unspecified atom stereocenters. The molecule has 7 heterocycles. The second-order valence-electron chi connectivity index (χ2n) is 24.0.